The smallest absolute Gasteiger partial charge is 0.322 e. The number of benzene rings is 3. The van der Waals surface area contributed by atoms with Gasteiger partial charge in [-0.15, -0.1) is 0 Å². The maximum absolute atomic E-state index is 12.8. The molecule has 0 atom stereocenters. The number of carbonyl (C=O) groups excluding carboxylic acids is 1. The summed E-state index contributed by atoms with van der Waals surface area (Å²) in [5, 5.41) is 4.60. The van der Waals surface area contributed by atoms with Crippen molar-refractivity contribution < 1.29 is 23.4 Å². The van der Waals surface area contributed by atoms with Crippen LogP contribution < -0.4 is 20.1 Å². The number of hydrogen-bond donors (Lipinski definition) is 1. The van der Waals surface area contributed by atoms with E-state index in [1.54, 1.807) is 4.90 Å². The molecule has 176 valence electrons. The van der Waals surface area contributed by atoms with Crippen molar-refractivity contribution in [2.24, 2.45) is 4.99 Å². The summed E-state index contributed by atoms with van der Waals surface area (Å²) in [7, 11) is 0. The summed E-state index contributed by atoms with van der Waals surface area (Å²) in [6.45, 7) is 2.42. The molecule has 0 unspecified atom stereocenters. The number of fused-ring (bicyclic) bond motifs is 2. The van der Waals surface area contributed by atoms with Gasteiger partial charge in [-0.1, -0.05) is 24.3 Å². The van der Waals surface area contributed by atoms with Gasteiger partial charge in [0.1, 0.15) is 11.3 Å². The topological polar surface area (TPSA) is 85.5 Å². The van der Waals surface area contributed by atoms with Crippen LogP contribution in [-0.2, 0) is 4.74 Å². The standard InChI is InChI=1S/C27H23N3O5/c31-27(30-11-13-32-14-12-30)29-21-7-3-2-6-20(21)28-22-16-25(35-23-8-4-1-5-19(22)23)18-9-10-24-26(15-18)34-17-33-24/h1-10,15-16H,11-14,17H2,(H,29,31)/b28-22+. The molecule has 1 aromatic heterocycles. The maximum Gasteiger partial charge on any atom is 0.322 e. The van der Waals surface area contributed by atoms with Gasteiger partial charge in [0.15, 0.2) is 11.5 Å². The monoisotopic (exact) mass is 469 g/mol. The first-order valence-corrected chi connectivity index (χ1v) is 11.4. The molecule has 6 rings (SSSR count). The number of morpholine rings is 1. The number of para-hydroxylation sites is 3. The van der Waals surface area contributed by atoms with Gasteiger partial charge in [0.05, 0.1) is 29.9 Å². The molecule has 0 saturated carbocycles. The van der Waals surface area contributed by atoms with E-state index in [1.807, 2.05) is 72.8 Å². The van der Waals surface area contributed by atoms with Gasteiger partial charge in [0.25, 0.3) is 0 Å². The van der Waals surface area contributed by atoms with Crippen molar-refractivity contribution in [3.8, 4) is 22.8 Å². The summed E-state index contributed by atoms with van der Waals surface area (Å²) < 4.78 is 22.5. The van der Waals surface area contributed by atoms with Gasteiger partial charge < -0.3 is 28.8 Å². The summed E-state index contributed by atoms with van der Waals surface area (Å²) in [6, 6.07) is 22.7. The second-order valence-corrected chi connectivity index (χ2v) is 8.22. The highest BCUT2D eigenvalue weighted by atomic mass is 16.7. The Bertz CT molecular complexity index is 1470. The normalized spacial score (nSPS) is 15.4. The van der Waals surface area contributed by atoms with Crippen molar-refractivity contribution >= 4 is 28.4 Å². The first-order valence-electron chi connectivity index (χ1n) is 11.4. The molecule has 2 aliphatic heterocycles. The van der Waals surface area contributed by atoms with Crippen molar-refractivity contribution in [1.29, 1.82) is 0 Å². The molecule has 2 aliphatic rings. The van der Waals surface area contributed by atoms with Crippen molar-refractivity contribution in [2.45, 2.75) is 0 Å². The third kappa shape index (κ3) is 4.31. The predicted molar refractivity (Wildman–Crippen MR) is 131 cm³/mol. The van der Waals surface area contributed by atoms with Crippen molar-refractivity contribution in [3.05, 3.63) is 78.2 Å². The second kappa shape index (κ2) is 9.15. The van der Waals surface area contributed by atoms with Crippen LogP contribution in [0.1, 0.15) is 0 Å². The van der Waals surface area contributed by atoms with E-state index < -0.39 is 0 Å². The van der Waals surface area contributed by atoms with Crippen LogP contribution in [0.15, 0.2) is 82.2 Å². The molecule has 3 heterocycles. The third-order valence-electron chi connectivity index (χ3n) is 5.99. The van der Waals surface area contributed by atoms with Gasteiger partial charge in [-0.05, 0) is 42.5 Å². The number of hydrogen-bond acceptors (Lipinski definition) is 6. The summed E-state index contributed by atoms with van der Waals surface area (Å²) in [4.78, 5) is 19.5. The number of anilines is 1. The number of nitrogens with zero attached hydrogens (tertiary/aromatic N) is 2. The minimum absolute atomic E-state index is 0.162. The number of urea groups is 1. The zero-order valence-electron chi connectivity index (χ0n) is 18.9. The van der Waals surface area contributed by atoms with E-state index in [0.717, 1.165) is 16.3 Å². The maximum atomic E-state index is 12.8. The van der Waals surface area contributed by atoms with Crippen LogP contribution in [0.5, 0.6) is 11.5 Å². The highest BCUT2D eigenvalue weighted by molar-refractivity contribution is 5.92. The van der Waals surface area contributed by atoms with Crippen LogP contribution in [0.3, 0.4) is 0 Å². The lowest BCUT2D eigenvalue weighted by atomic mass is 10.1. The van der Waals surface area contributed by atoms with Gasteiger partial charge in [0.2, 0.25) is 6.79 Å². The van der Waals surface area contributed by atoms with Crippen LogP contribution in [0, 0.1) is 0 Å². The van der Waals surface area contributed by atoms with Crippen molar-refractivity contribution in [3.63, 3.8) is 0 Å². The molecular weight excluding hydrogens is 446 g/mol. The minimum Gasteiger partial charge on any atom is -0.456 e. The zero-order valence-corrected chi connectivity index (χ0v) is 18.9. The number of carbonyl (C=O) groups is 1. The average molecular weight is 469 g/mol. The molecule has 35 heavy (non-hydrogen) atoms. The van der Waals surface area contributed by atoms with E-state index in [1.165, 1.54) is 0 Å². The lowest BCUT2D eigenvalue weighted by molar-refractivity contribution is 0.0564. The fourth-order valence-corrected chi connectivity index (χ4v) is 4.17. The molecule has 0 bridgehead atoms. The quantitative estimate of drug-likeness (QED) is 0.460. The zero-order chi connectivity index (χ0) is 23.6. The molecule has 1 N–H and O–H groups in total. The molecule has 4 aromatic rings. The molecule has 3 aromatic carbocycles. The van der Waals surface area contributed by atoms with Crippen LogP contribution in [0.4, 0.5) is 16.2 Å². The van der Waals surface area contributed by atoms with E-state index in [4.69, 9.17) is 23.6 Å². The lowest BCUT2D eigenvalue weighted by Crippen LogP contribution is -2.43. The Morgan fingerprint density at radius 1 is 0.886 bits per heavy atom. The van der Waals surface area contributed by atoms with E-state index in [0.29, 0.717) is 60.5 Å². The fourth-order valence-electron chi connectivity index (χ4n) is 4.17. The molecule has 8 heteroatoms. The lowest BCUT2D eigenvalue weighted by Gasteiger charge is -2.27. The Morgan fingerprint density at radius 3 is 2.60 bits per heavy atom. The van der Waals surface area contributed by atoms with Gasteiger partial charge in [0, 0.05) is 30.1 Å². The third-order valence-corrected chi connectivity index (χ3v) is 5.99. The molecule has 2 amide bonds. The second-order valence-electron chi connectivity index (χ2n) is 8.22. The fraction of sp³-hybridized carbons (Fsp3) is 0.185. The van der Waals surface area contributed by atoms with Gasteiger partial charge in [-0.2, -0.15) is 0 Å². The highest BCUT2D eigenvalue weighted by Crippen LogP contribution is 2.36. The van der Waals surface area contributed by atoms with E-state index in [2.05, 4.69) is 5.32 Å². The number of ether oxygens (including phenoxy) is 3. The van der Waals surface area contributed by atoms with Crippen molar-refractivity contribution in [2.75, 3.05) is 38.4 Å². The summed E-state index contributed by atoms with van der Waals surface area (Å²) in [5.74, 6) is 2.04. The van der Waals surface area contributed by atoms with E-state index >= 15 is 0 Å². The number of rotatable bonds is 3. The van der Waals surface area contributed by atoms with Crippen LogP contribution in [-0.4, -0.2) is 44.0 Å². The largest absolute Gasteiger partial charge is 0.456 e. The van der Waals surface area contributed by atoms with Gasteiger partial charge in [-0.3, -0.25) is 0 Å². The average Bonchev–Trinajstić information content (AvgIpc) is 3.38. The Labute approximate surface area is 201 Å². The first-order chi connectivity index (χ1) is 17.2. The molecule has 0 spiro atoms. The molecule has 1 fully saturated rings. The first kappa shape index (κ1) is 21.2. The predicted octanol–water partition coefficient (Wildman–Crippen LogP) is 4.93. The summed E-state index contributed by atoms with van der Waals surface area (Å²) in [6.07, 6.45) is 0. The van der Waals surface area contributed by atoms with Crippen LogP contribution in [0.25, 0.3) is 22.3 Å². The Morgan fingerprint density at radius 2 is 1.69 bits per heavy atom. The molecule has 0 radical (unpaired) electrons. The molecule has 0 aliphatic carbocycles. The Balaban J connectivity index is 1.42. The van der Waals surface area contributed by atoms with Crippen molar-refractivity contribution in [1.82, 2.24) is 4.90 Å². The number of nitrogens with one attached hydrogen (secondary N) is 1. The van der Waals surface area contributed by atoms with Crippen LogP contribution >= 0.6 is 0 Å². The van der Waals surface area contributed by atoms with Crippen LogP contribution in [0.2, 0.25) is 0 Å². The van der Waals surface area contributed by atoms with Gasteiger partial charge >= 0.3 is 6.03 Å². The number of amides is 2. The Kier molecular flexibility index (Phi) is 5.56. The minimum atomic E-state index is -0.162. The summed E-state index contributed by atoms with van der Waals surface area (Å²) >= 11 is 0. The Hall–Kier alpha value is -4.30. The SMILES string of the molecule is O=C(Nc1ccccc1/N=c1\cc(-c2ccc3c(c2)OCO3)oc2ccccc12)N1CCOCC1. The molecular formula is C27H23N3O5. The van der Waals surface area contributed by atoms with E-state index in [-0.39, 0.29) is 12.8 Å². The summed E-state index contributed by atoms with van der Waals surface area (Å²) in [5.41, 5.74) is 2.85. The molecule has 1 saturated heterocycles. The molecule has 8 nitrogen and oxygen atoms in total. The van der Waals surface area contributed by atoms with Gasteiger partial charge in [-0.25, -0.2) is 9.79 Å². The highest BCUT2D eigenvalue weighted by Gasteiger charge is 2.18. The van der Waals surface area contributed by atoms with E-state index in [9.17, 15) is 4.79 Å².